The van der Waals surface area contributed by atoms with Crippen molar-refractivity contribution in [2.24, 2.45) is 5.92 Å². The molecule has 2 heterocycles. The minimum Gasteiger partial charge on any atom is -0.343 e. The molecule has 21 heavy (non-hydrogen) atoms. The lowest BCUT2D eigenvalue weighted by Gasteiger charge is -2.40. The summed E-state index contributed by atoms with van der Waals surface area (Å²) in [7, 11) is 0. The van der Waals surface area contributed by atoms with Gasteiger partial charge < -0.3 is 10.2 Å². The first-order valence-electron chi connectivity index (χ1n) is 7.52. The van der Waals surface area contributed by atoms with E-state index >= 15 is 0 Å². The van der Waals surface area contributed by atoms with Crippen LogP contribution >= 0.6 is 11.3 Å². The number of carbonyl (C=O) groups is 2. The average molecular weight is 309 g/mol. The molecule has 2 amide bonds. The maximum atomic E-state index is 12.6. The molecule has 0 aliphatic carbocycles. The van der Waals surface area contributed by atoms with E-state index in [2.05, 4.69) is 17.2 Å². The molecule has 1 fully saturated rings. The Hall–Kier alpha value is -1.43. The Morgan fingerprint density at radius 1 is 1.38 bits per heavy atom. The number of amides is 2. The van der Waals surface area contributed by atoms with Crippen LogP contribution < -0.4 is 5.32 Å². The third kappa shape index (κ3) is 3.26. The van der Waals surface area contributed by atoms with Crippen LogP contribution in [0.5, 0.6) is 0 Å². The van der Waals surface area contributed by atoms with Crippen LogP contribution in [0.1, 0.15) is 44.0 Å². The fourth-order valence-corrected chi connectivity index (χ4v) is 3.50. The van der Waals surface area contributed by atoms with Crippen LogP contribution in [-0.4, -0.2) is 33.8 Å². The molecule has 1 aromatic heterocycles. The second-order valence-corrected chi connectivity index (χ2v) is 6.90. The molecule has 2 atom stereocenters. The smallest absolute Gasteiger partial charge is 0.246 e. The molecule has 116 valence electrons. The predicted octanol–water partition coefficient (Wildman–Crippen LogP) is 1.97. The Kier molecular flexibility index (Phi) is 4.98. The summed E-state index contributed by atoms with van der Waals surface area (Å²) in [4.78, 5) is 32.2. The number of hydrogen-bond acceptors (Lipinski definition) is 4. The largest absolute Gasteiger partial charge is 0.343 e. The van der Waals surface area contributed by atoms with Gasteiger partial charge in [-0.2, -0.15) is 0 Å². The highest BCUT2D eigenvalue weighted by molar-refractivity contribution is 7.11. The van der Waals surface area contributed by atoms with Crippen molar-refractivity contribution in [3.05, 3.63) is 16.1 Å². The third-order valence-corrected chi connectivity index (χ3v) is 4.92. The molecule has 5 nitrogen and oxygen atoms in total. The molecule has 1 aromatic rings. The van der Waals surface area contributed by atoms with Crippen molar-refractivity contribution in [3.8, 4) is 0 Å². The number of carbonyl (C=O) groups excluding carboxylic acids is 2. The van der Waals surface area contributed by atoms with Crippen molar-refractivity contribution in [3.63, 3.8) is 0 Å². The predicted molar refractivity (Wildman–Crippen MR) is 82.9 cm³/mol. The number of piperazine rings is 1. The van der Waals surface area contributed by atoms with Crippen LogP contribution in [0.15, 0.2) is 6.20 Å². The van der Waals surface area contributed by atoms with E-state index < -0.39 is 12.1 Å². The summed E-state index contributed by atoms with van der Waals surface area (Å²) in [6.07, 6.45) is 3.41. The summed E-state index contributed by atoms with van der Waals surface area (Å²) in [5, 5.41) is 3.73. The number of aromatic nitrogens is 1. The van der Waals surface area contributed by atoms with Gasteiger partial charge in [-0.25, -0.2) is 4.98 Å². The van der Waals surface area contributed by atoms with Crippen LogP contribution in [0.25, 0.3) is 0 Å². The highest BCUT2D eigenvalue weighted by atomic mass is 32.1. The highest BCUT2D eigenvalue weighted by Crippen LogP contribution is 2.23. The Labute approximate surface area is 129 Å². The number of rotatable bonds is 5. The summed E-state index contributed by atoms with van der Waals surface area (Å²) in [5.41, 5.74) is 0. The fourth-order valence-electron chi connectivity index (χ4n) is 2.64. The zero-order valence-electron chi connectivity index (χ0n) is 13.0. The Morgan fingerprint density at radius 3 is 2.62 bits per heavy atom. The Balaban J connectivity index is 2.25. The number of thiazole rings is 1. The summed E-state index contributed by atoms with van der Waals surface area (Å²) < 4.78 is 0. The van der Waals surface area contributed by atoms with E-state index in [0.29, 0.717) is 13.0 Å². The first kappa shape index (κ1) is 15.9. The van der Waals surface area contributed by atoms with Crippen molar-refractivity contribution in [2.45, 2.75) is 59.2 Å². The lowest BCUT2D eigenvalue weighted by atomic mass is 9.96. The molecule has 2 rings (SSSR count). The van der Waals surface area contributed by atoms with Gasteiger partial charge in [0, 0.05) is 11.1 Å². The molecule has 1 saturated heterocycles. The molecule has 1 aliphatic heterocycles. The lowest BCUT2D eigenvalue weighted by molar-refractivity contribution is -0.152. The van der Waals surface area contributed by atoms with Gasteiger partial charge >= 0.3 is 0 Å². The van der Waals surface area contributed by atoms with Gasteiger partial charge in [0.05, 0.1) is 6.54 Å². The maximum Gasteiger partial charge on any atom is 0.246 e. The quantitative estimate of drug-likeness (QED) is 0.904. The number of nitrogens with one attached hydrogen (secondary N) is 1. The molecule has 6 heteroatoms. The fraction of sp³-hybridized carbons (Fsp3) is 0.667. The van der Waals surface area contributed by atoms with Crippen molar-refractivity contribution < 1.29 is 9.59 Å². The summed E-state index contributed by atoms with van der Waals surface area (Å²) in [6.45, 7) is 8.36. The molecule has 0 saturated carbocycles. The standard InChI is InChI=1S/C15H23N3O2S/c1-5-10-7-16-12(21-10)8-18-13(9(3)4)14(19)17-11(6-2)15(18)20/h7,9,11,13H,5-6,8H2,1-4H3,(H,17,19). The van der Waals surface area contributed by atoms with Crippen molar-refractivity contribution >= 4 is 23.2 Å². The van der Waals surface area contributed by atoms with Crippen LogP contribution in [0.3, 0.4) is 0 Å². The topological polar surface area (TPSA) is 62.3 Å². The molecule has 0 radical (unpaired) electrons. The van der Waals surface area contributed by atoms with E-state index in [-0.39, 0.29) is 17.7 Å². The van der Waals surface area contributed by atoms with Crippen molar-refractivity contribution in [2.75, 3.05) is 0 Å². The van der Waals surface area contributed by atoms with Crippen LogP contribution in [-0.2, 0) is 22.6 Å². The Bertz CT molecular complexity index is 527. The van der Waals surface area contributed by atoms with Gasteiger partial charge in [0.25, 0.3) is 0 Å². The number of hydrogen-bond donors (Lipinski definition) is 1. The second-order valence-electron chi connectivity index (χ2n) is 5.70. The lowest BCUT2D eigenvalue weighted by Crippen LogP contribution is -2.64. The number of nitrogens with zero attached hydrogens (tertiary/aromatic N) is 2. The van der Waals surface area contributed by atoms with Gasteiger partial charge in [0.1, 0.15) is 17.1 Å². The normalized spacial score (nSPS) is 22.8. The summed E-state index contributed by atoms with van der Waals surface area (Å²) in [5.74, 6) is 0.0325. The number of aryl methyl sites for hydroxylation is 1. The maximum absolute atomic E-state index is 12.6. The molecule has 0 spiro atoms. The second kappa shape index (κ2) is 6.56. The van der Waals surface area contributed by atoms with Crippen molar-refractivity contribution in [1.29, 1.82) is 0 Å². The zero-order valence-corrected chi connectivity index (χ0v) is 13.9. The van der Waals surface area contributed by atoms with Crippen molar-refractivity contribution in [1.82, 2.24) is 15.2 Å². The minimum absolute atomic E-state index is 0.00375. The summed E-state index contributed by atoms with van der Waals surface area (Å²) >= 11 is 1.62. The summed E-state index contributed by atoms with van der Waals surface area (Å²) in [6, 6.07) is -0.813. The molecular formula is C15H23N3O2S. The first-order valence-corrected chi connectivity index (χ1v) is 8.34. The van der Waals surface area contributed by atoms with Gasteiger partial charge in [0.15, 0.2) is 0 Å². The van der Waals surface area contributed by atoms with E-state index in [1.165, 1.54) is 4.88 Å². The van der Waals surface area contributed by atoms with E-state index in [1.54, 1.807) is 16.2 Å². The molecular weight excluding hydrogens is 286 g/mol. The van der Waals surface area contributed by atoms with Crippen LogP contribution in [0.4, 0.5) is 0 Å². The van der Waals surface area contributed by atoms with Crippen LogP contribution in [0, 0.1) is 5.92 Å². The zero-order chi connectivity index (χ0) is 15.6. The van der Waals surface area contributed by atoms with E-state index in [9.17, 15) is 9.59 Å². The van der Waals surface area contributed by atoms with Gasteiger partial charge in [-0.1, -0.05) is 27.7 Å². The first-order chi connectivity index (χ1) is 9.97. The Morgan fingerprint density at radius 2 is 2.10 bits per heavy atom. The molecule has 1 aliphatic rings. The molecule has 2 unspecified atom stereocenters. The minimum atomic E-state index is -0.408. The SMILES string of the molecule is CCc1cnc(CN2C(=O)C(CC)NC(=O)C2C(C)C)s1. The van der Waals surface area contributed by atoms with E-state index in [0.717, 1.165) is 11.4 Å². The van der Waals surface area contributed by atoms with Gasteiger partial charge in [-0.05, 0) is 18.8 Å². The van der Waals surface area contributed by atoms with Gasteiger partial charge in [-0.3, -0.25) is 9.59 Å². The molecule has 0 aromatic carbocycles. The van der Waals surface area contributed by atoms with Crippen LogP contribution in [0.2, 0.25) is 0 Å². The highest BCUT2D eigenvalue weighted by Gasteiger charge is 2.41. The molecule has 0 bridgehead atoms. The average Bonchev–Trinajstić information content (AvgIpc) is 2.89. The van der Waals surface area contributed by atoms with Gasteiger partial charge in [-0.15, -0.1) is 11.3 Å². The monoisotopic (exact) mass is 309 g/mol. The van der Waals surface area contributed by atoms with E-state index in [4.69, 9.17) is 0 Å². The molecule has 1 N–H and O–H groups in total. The van der Waals surface area contributed by atoms with Gasteiger partial charge in [0.2, 0.25) is 11.8 Å². The van der Waals surface area contributed by atoms with E-state index in [1.807, 2.05) is 27.0 Å². The third-order valence-electron chi connectivity index (χ3n) is 3.80.